The Balaban J connectivity index is 2.07. The Morgan fingerprint density at radius 2 is 1.62 bits per heavy atom. The predicted octanol–water partition coefficient (Wildman–Crippen LogP) is 4.11. The molecule has 3 aromatic rings. The molecular weight excluding hydrogens is 510 g/mol. The van der Waals surface area contributed by atoms with E-state index in [2.05, 4.69) is 5.32 Å². The van der Waals surface area contributed by atoms with E-state index < -0.39 is 28.5 Å². The van der Waals surface area contributed by atoms with Gasteiger partial charge in [-0.3, -0.25) is 13.9 Å². The van der Waals surface area contributed by atoms with E-state index in [9.17, 15) is 18.0 Å². The summed E-state index contributed by atoms with van der Waals surface area (Å²) in [7, 11) is -2.31. The van der Waals surface area contributed by atoms with E-state index in [0.717, 1.165) is 21.7 Å². The highest BCUT2D eigenvalue weighted by Crippen LogP contribution is 2.26. The first-order valence-corrected chi connectivity index (χ1v) is 14.1. The number of amides is 2. The molecule has 9 heteroatoms. The van der Waals surface area contributed by atoms with Gasteiger partial charge in [-0.05, 0) is 48.2 Å². The summed E-state index contributed by atoms with van der Waals surface area (Å²) < 4.78 is 26.8. The van der Waals surface area contributed by atoms with Crippen LogP contribution < -0.4 is 9.62 Å². The second-order valence-corrected chi connectivity index (χ2v) is 11.3. The Kier molecular flexibility index (Phi) is 9.34. The number of carbonyl (C=O) groups excluding carboxylic acids is 2. The van der Waals surface area contributed by atoms with Gasteiger partial charge < -0.3 is 10.2 Å². The zero-order valence-corrected chi connectivity index (χ0v) is 23.0. The second-order valence-electron chi connectivity index (χ2n) is 8.99. The third kappa shape index (κ3) is 7.33. The summed E-state index contributed by atoms with van der Waals surface area (Å²) in [6.45, 7) is 3.22. The zero-order chi connectivity index (χ0) is 27.2. The Bertz CT molecular complexity index is 1360. The summed E-state index contributed by atoms with van der Waals surface area (Å²) in [4.78, 5) is 28.5. The number of anilines is 1. The highest BCUT2D eigenvalue weighted by atomic mass is 35.5. The van der Waals surface area contributed by atoms with Crippen LogP contribution in [0, 0.1) is 13.8 Å². The molecule has 0 unspecified atom stereocenters. The largest absolute Gasteiger partial charge is 0.357 e. The number of rotatable bonds is 10. The molecule has 0 aliphatic rings. The van der Waals surface area contributed by atoms with E-state index in [0.29, 0.717) is 21.8 Å². The third-order valence-electron chi connectivity index (χ3n) is 6.13. The number of hydrogen-bond donors (Lipinski definition) is 1. The lowest BCUT2D eigenvalue weighted by atomic mass is 10.0. The van der Waals surface area contributed by atoms with Gasteiger partial charge in [-0.15, -0.1) is 0 Å². The molecular formula is C28H32ClN3O4S. The Labute approximate surface area is 224 Å². The lowest BCUT2D eigenvalue weighted by Crippen LogP contribution is -2.53. The molecule has 0 saturated carbocycles. The molecule has 0 fully saturated rings. The lowest BCUT2D eigenvalue weighted by Gasteiger charge is -2.33. The van der Waals surface area contributed by atoms with E-state index in [1.807, 2.05) is 49.4 Å². The van der Waals surface area contributed by atoms with Crippen LogP contribution in [0.2, 0.25) is 5.02 Å². The summed E-state index contributed by atoms with van der Waals surface area (Å²) in [5, 5.41) is 3.10. The number of benzene rings is 3. The van der Waals surface area contributed by atoms with Crippen LogP contribution in [0.1, 0.15) is 22.3 Å². The molecule has 0 spiro atoms. The molecule has 1 N–H and O–H groups in total. The Morgan fingerprint density at radius 1 is 0.973 bits per heavy atom. The van der Waals surface area contributed by atoms with Crippen molar-refractivity contribution in [2.45, 2.75) is 32.9 Å². The highest BCUT2D eigenvalue weighted by Gasteiger charge is 2.33. The first kappa shape index (κ1) is 28.2. The fraction of sp³-hybridized carbons (Fsp3) is 0.286. The predicted molar refractivity (Wildman–Crippen MR) is 148 cm³/mol. The van der Waals surface area contributed by atoms with Gasteiger partial charge in [0, 0.05) is 25.0 Å². The van der Waals surface area contributed by atoms with Gasteiger partial charge in [0.2, 0.25) is 21.8 Å². The van der Waals surface area contributed by atoms with Gasteiger partial charge >= 0.3 is 0 Å². The maximum atomic E-state index is 13.9. The molecule has 1 atom stereocenters. The number of aryl methyl sites for hydroxylation is 2. The van der Waals surface area contributed by atoms with Crippen molar-refractivity contribution in [2.75, 3.05) is 24.2 Å². The second kappa shape index (κ2) is 12.3. The van der Waals surface area contributed by atoms with Crippen molar-refractivity contribution >= 4 is 39.1 Å². The third-order valence-corrected chi connectivity index (χ3v) is 7.62. The van der Waals surface area contributed by atoms with Crippen LogP contribution in [0.5, 0.6) is 0 Å². The van der Waals surface area contributed by atoms with Crippen molar-refractivity contribution in [1.82, 2.24) is 10.2 Å². The summed E-state index contributed by atoms with van der Waals surface area (Å²) in [5.74, 6) is -0.877. The number of hydrogen-bond acceptors (Lipinski definition) is 4. The van der Waals surface area contributed by atoms with Crippen molar-refractivity contribution in [2.24, 2.45) is 0 Å². The summed E-state index contributed by atoms with van der Waals surface area (Å²) in [6.07, 6.45) is 1.32. The van der Waals surface area contributed by atoms with Gasteiger partial charge in [0.25, 0.3) is 0 Å². The van der Waals surface area contributed by atoms with Crippen molar-refractivity contribution in [1.29, 1.82) is 0 Å². The first-order chi connectivity index (χ1) is 17.5. The topological polar surface area (TPSA) is 86.8 Å². The molecule has 196 valence electrons. The van der Waals surface area contributed by atoms with E-state index in [-0.39, 0.29) is 18.9 Å². The van der Waals surface area contributed by atoms with Crippen molar-refractivity contribution in [3.63, 3.8) is 0 Å². The fourth-order valence-electron chi connectivity index (χ4n) is 4.11. The molecule has 0 bridgehead atoms. The molecule has 2 amide bonds. The Morgan fingerprint density at radius 3 is 2.24 bits per heavy atom. The fourth-order valence-corrected chi connectivity index (χ4v) is 5.21. The maximum absolute atomic E-state index is 13.9. The van der Waals surface area contributed by atoms with Gasteiger partial charge in [-0.25, -0.2) is 8.42 Å². The monoisotopic (exact) mass is 541 g/mol. The van der Waals surface area contributed by atoms with Crippen LogP contribution in [0.4, 0.5) is 5.69 Å². The van der Waals surface area contributed by atoms with Crippen LogP contribution in [-0.4, -0.2) is 51.0 Å². The number of halogens is 1. The number of carbonyl (C=O) groups is 2. The highest BCUT2D eigenvalue weighted by molar-refractivity contribution is 7.92. The van der Waals surface area contributed by atoms with E-state index in [4.69, 9.17) is 11.6 Å². The lowest BCUT2D eigenvalue weighted by molar-refractivity contribution is -0.139. The smallest absolute Gasteiger partial charge is 0.244 e. The van der Waals surface area contributed by atoms with Crippen LogP contribution in [0.3, 0.4) is 0 Å². The summed E-state index contributed by atoms with van der Waals surface area (Å²) in [5.41, 5.74) is 3.52. The average molecular weight is 542 g/mol. The number of likely N-dealkylation sites (N-methyl/N-ethyl adjacent to an activating group) is 1. The maximum Gasteiger partial charge on any atom is 0.244 e. The van der Waals surface area contributed by atoms with Crippen molar-refractivity contribution < 1.29 is 18.0 Å². The molecule has 0 heterocycles. The molecule has 0 aliphatic carbocycles. The minimum absolute atomic E-state index is 0.0355. The van der Waals surface area contributed by atoms with E-state index >= 15 is 0 Å². The number of sulfonamides is 1. The average Bonchev–Trinajstić information content (AvgIpc) is 2.86. The molecule has 0 aliphatic heterocycles. The standard InChI is InChI=1S/C28H32ClN3O4S/c1-20-14-15-21(2)25(16-20)32(37(4,35)36)19-27(33)31(18-23-12-8-9-13-24(23)29)26(28(34)30-3)17-22-10-6-5-7-11-22/h5-16,26H,17-19H2,1-4H3,(H,30,34)/t26-/m0/s1. The summed E-state index contributed by atoms with van der Waals surface area (Å²) in [6, 6.07) is 21.0. The summed E-state index contributed by atoms with van der Waals surface area (Å²) >= 11 is 6.42. The SMILES string of the molecule is CNC(=O)[C@H](Cc1ccccc1)N(Cc1ccccc1Cl)C(=O)CN(c1cc(C)ccc1C)S(C)(=O)=O. The van der Waals surface area contributed by atoms with Gasteiger partial charge in [0.1, 0.15) is 12.6 Å². The molecule has 0 radical (unpaired) electrons. The molecule has 3 rings (SSSR count). The van der Waals surface area contributed by atoms with E-state index in [1.54, 1.807) is 37.3 Å². The zero-order valence-electron chi connectivity index (χ0n) is 21.4. The van der Waals surface area contributed by atoms with Gasteiger partial charge in [0.15, 0.2) is 0 Å². The Hall–Kier alpha value is -3.36. The van der Waals surface area contributed by atoms with Gasteiger partial charge in [-0.2, -0.15) is 0 Å². The first-order valence-electron chi connectivity index (χ1n) is 11.8. The quantitative estimate of drug-likeness (QED) is 0.418. The van der Waals surface area contributed by atoms with Crippen LogP contribution >= 0.6 is 11.6 Å². The minimum atomic E-state index is -3.82. The van der Waals surface area contributed by atoms with Crippen molar-refractivity contribution in [3.05, 3.63) is 100 Å². The molecule has 37 heavy (non-hydrogen) atoms. The van der Waals surface area contributed by atoms with Gasteiger partial charge in [0.05, 0.1) is 11.9 Å². The molecule has 7 nitrogen and oxygen atoms in total. The van der Waals surface area contributed by atoms with Crippen LogP contribution in [0.15, 0.2) is 72.8 Å². The molecule has 3 aromatic carbocycles. The normalized spacial score (nSPS) is 12.0. The molecule has 0 aromatic heterocycles. The van der Waals surface area contributed by atoms with Gasteiger partial charge in [-0.1, -0.05) is 72.3 Å². The number of nitrogens with one attached hydrogen (secondary N) is 1. The van der Waals surface area contributed by atoms with Crippen LogP contribution in [-0.2, 0) is 32.6 Å². The number of nitrogens with zero attached hydrogens (tertiary/aromatic N) is 2. The van der Waals surface area contributed by atoms with Crippen molar-refractivity contribution in [3.8, 4) is 0 Å². The van der Waals surface area contributed by atoms with Crippen LogP contribution in [0.25, 0.3) is 0 Å². The van der Waals surface area contributed by atoms with E-state index in [1.165, 1.54) is 11.9 Å². The minimum Gasteiger partial charge on any atom is -0.357 e. The molecule has 0 saturated heterocycles.